The summed E-state index contributed by atoms with van der Waals surface area (Å²) in [4.78, 5) is 23.2. The average Bonchev–Trinajstić information content (AvgIpc) is 2.70. The van der Waals surface area contributed by atoms with Gasteiger partial charge < -0.3 is 0 Å². The Kier molecular flexibility index (Phi) is 3.59. The van der Waals surface area contributed by atoms with Crippen LogP contribution in [-0.2, 0) is 6.54 Å². The Morgan fingerprint density at radius 2 is 2.17 bits per heavy atom. The number of hydrogen-bond acceptors (Lipinski definition) is 4. The minimum Gasteiger partial charge on any atom is -0.299 e. The minimum absolute atomic E-state index is 0.0320. The van der Waals surface area contributed by atoms with Crippen LogP contribution >= 0.6 is 11.3 Å². The third-order valence-corrected chi connectivity index (χ3v) is 3.58. The van der Waals surface area contributed by atoms with Crippen molar-refractivity contribution in [1.82, 2.24) is 9.99 Å². The van der Waals surface area contributed by atoms with Crippen LogP contribution in [0, 0.1) is 6.92 Å². The molecule has 2 rings (SSSR count). The topological polar surface area (TPSA) is 77.1 Å². The molecule has 0 aliphatic carbocycles. The molecule has 0 fully saturated rings. The number of benzene rings is 1. The number of carbonyl (C=O) groups excluding carboxylic acids is 1. The molecule has 0 aliphatic rings. The molecule has 0 atom stereocenters. The van der Waals surface area contributed by atoms with Crippen molar-refractivity contribution in [2.75, 3.05) is 0 Å². The summed E-state index contributed by atoms with van der Waals surface area (Å²) < 4.78 is 1.63. The van der Waals surface area contributed by atoms with Gasteiger partial charge in [-0.15, -0.1) is 0 Å². The van der Waals surface area contributed by atoms with E-state index >= 15 is 0 Å². The van der Waals surface area contributed by atoms with Crippen LogP contribution in [0.2, 0.25) is 0 Å². The van der Waals surface area contributed by atoms with Crippen LogP contribution in [0.3, 0.4) is 0 Å². The van der Waals surface area contributed by atoms with Gasteiger partial charge in [0.2, 0.25) is 0 Å². The van der Waals surface area contributed by atoms with Crippen molar-refractivity contribution in [3.63, 3.8) is 0 Å². The first-order valence-corrected chi connectivity index (χ1v) is 6.25. The molecule has 0 unspecified atom stereocenters. The van der Waals surface area contributed by atoms with Gasteiger partial charge >= 0.3 is 4.87 Å². The van der Waals surface area contributed by atoms with Gasteiger partial charge in [-0.3, -0.25) is 19.6 Å². The van der Waals surface area contributed by atoms with Crippen LogP contribution in [-0.4, -0.2) is 10.5 Å². The number of thiazole rings is 1. The van der Waals surface area contributed by atoms with Crippen molar-refractivity contribution in [3.05, 3.63) is 56.1 Å². The zero-order chi connectivity index (χ0) is 13.1. The molecule has 6 heteroatoms. The van der Waals surface area contributed by atoms with Gasteiger partial charge in [-0.25, -0.2) is 5.84 Å². The Bertz CT molecular complexity index is 630. The highest BCUT2D eigenvalue weighted by Gasteiger charge is 2.11. The Balaban J connectivity index is 2.41. The molecule has 1 amide bonds. The molecular formula is C12H13N3O2S. The number of carbonyl (C=O) groups is 1. The predicted octanol–water partition coefficient (Wildman–Crippen LogP) is 0.870. The standard InChI is InChI=1S/C12H13N3O2S/c1-8-7-18-12(17)15(8)6-9-4-2-3-5-10(9)11(16)14-13/h2-5,7H,6,13H2,1H3,(H,14,16). The molecule has 94 valence electrons. The SMILES string of the molecule is Cc1csc(=O)n1Cc1ccccc1C(=O)NN. The van der Waals surface area contributed by atoms with Gasteiger partial charge in [-0.1, -0.05) is 29.5 Å². The molecule has 1 aromatic heterocycles. The Hall–Kier alpha value is -1.92. The van der Waals surface area contributed by atoms with E-state index in [-0.39, 0.29) is 10.8 Å². The average molecular weight is 263 g/mol. The predicted molar refractivity (Wildman–Crippen MR) is 70.5 cm³/mol. The summed E-state index contributed by atoms with van der Waals surface area (Å²) in [6.07, 6.45) is 0. The van der Waals surface area contributed by atoms with Crippen LogP contribution in [0.4, 0.5) is 0 Å². The zero-order valence-corrected chi connectivity index (χ0v) is 10.7. The quantitative estimate of drug-likeness (QED) is 0.490. The zero-order valence-electron chi connectivity index (χ0n) is 9.84. The number of nitrogens with zero attached hydrogens (tertiary/aromatic N) is 1. The molecule has 3 N–H and O–H groups in total. The lowest BCUT2D eigenvalue weighted by molar-refractivity contribution is 0.0952. The van der Waals surface area contributed by atoms with Crippen LogP contribution in [0.1, 0.15) is 21.6 Å². The molecule has 18 heavy (non-hydrogen) atoms. The smallest absolute Gasteiger partial charge is 0.299 e. The number of aryl methyl sites for hydroxylation is 1. The fraction of sp³-hybridized carbons (Fsp3) is 0.167. The van der Waals surface area contributed by atoms with Crippen molar-refractivity contribution < 1.29 is 4.79 Å². The highest BCUT2D eigenvalue weighted by Crippen LogP contribution is 2.11. The lowest BCUT2D eigenvalue weighted by atomic mass is 10.1. The number of nitrogen functional groups attached to an aromatic ring is 1. The lowest BCUT2D eigenvalue weighted by Crippen LogP contribution is -2.31. The number of nitrogens with two attached hydrogens (primary N) is 1. The molecule has 2 aromatic rings. The van der Waals surface area contributed by atoms with Gasteiger partial charge in [0.15, 0.2) is 0 Å². The van der Waals surface area contributed by atoms with Crippen LogP contribution in [0.5, 0.6) is 0 Å². The summed E-state index contributed by atoms with van der Waals surface area (Å²) in [5.74, 6) is 4.79. The first-order valence-electron chi connectivity index (χ1n) is 5.37. The number of hydrazine groups is 1. The highest BCUT2D eigenvalue weighted by molar-refractivity contribution is 7.07. The number of amides is 1. The van der Waals surface area contributed by atoms with Gasteiger partial charge in [0.1, 0.15) is 0 Å². The third-order valence-electron chi connectivity index (χ3n) is 2.70. The van der Waals surface area contributed by atoms with Gasteiger partial charge in [0.25, 0.3) is 5.91 Å². The third kappa shape index (κ3) is 2.34. The molecule has 1 heterocycles. The van der Waals surface area contributed by atoms with E-state index in [9.17, 15) is 9.59 Å². The Morgan fingerprint density at radius 3 is 2.78 bits per heavy atom. The first kappa shape index (κ1) is 12.5. The Morgan fingerprint density at radius 1 is 1.44 bits per heavy atom. The van der Waals surface area contributed by atoms with E-state index in [2.05, 4.69) is 5.43 Å². The minimum atomic E-state index is -0.355. The molecule has 0 spiro atoms. The van der Waals surface area contributed by atoms with Crippen LogP contribution in [0.25, 0.3) is 0 Å². The fourth-order valence-corrected chi connectivity index (χ4v) is 2.46. The van der Waals surface area contributed by atoms with E-state index in [1.165, 1.54) is 0 Å². The normalized spacial score (nSPS) is 10.3. The largest absolute Gasteiger partial charge is 0.307 e. The van der Waals surface area contributed by atoms with E-state index in [0.29, 0.717) is 12.1 Å². The molecule has 0 saturated carbocycles. The van der Waals surface area contributed by atoms with E-state index in [1.807, 2.05) is 19.1 Å². The second kappa shape index (κ2) is 5.16. The van der Waals surface area contributed by atoms with E-state index in [0.717, 1.165) is 22.6 Å². The molecule has 1 aromatic carbocycles. The lowest BCUT2D eigenvalue weighted by Gasteiger charge is -2.09. The molecule has 0 bridgehead atoms. The maximum atomic E-state index is 11.7. The van der Waals surface area contributed by atoms with Crippen LogP contribution < -0.4 is 16.1 Å². The molecule has 0 radical (unpaired) electrons. The van der Waals surface area contributed by atoms with Gasteiger partial charge in [-0.2, -0.15) is 0 Å². The van der Waals surface area contributed by atoms with E-state index in [1.54, 1.807) is 22.1 Å². The Labute approximate surface area is 108 Å². The summed E-state index contributed by atoms with van der Waals surface area (Å²) in [6.45, 7) is 2.24. The summed E-state index contributed by atoms with van der Waals surface area (Å²) in [7, 11) is 0. The van der Waals surface area contributed by atoms with Crippen molar-refractivity contribution in [2.24, 2.45) is 5.84 Å². The molecule has 0 aliphatic heterocycles. The summed E-state index contributed by atoms with van der Waals surface area (Å²) in [5.41, 5.74) is 4.24. The van der Waals surface area contributed by atoms with Crippen LogP contribution in [0.15, 0.2) is 34.4 Å². The molecule has 5 nitrogen and oxygen atoms in total. The maximum absolute atomic E-state index is 11.7. The number of aromatic nitrogens is 1. The van der Waals surface area contributed by atoms with Crippen molar-refractivity contribution in [3.8, 4) is 0 Å². The summed E-state index contributed by atoms with van der Waals surface area (Å²) >= 11 is 1.15. The maximum Gasteiger partial charge on any atom is 0.307 e. The van der Waals surface area contributed by atoms with Crippen molar-refractivity contribution in [1.29, 1.82) is 0 Å². The fourth-order valence-electron chi connectivity index (χ4n) is 1.72. The van der Waals surface area contributed by atoms with E-state index in [4.69, 9.17) is 5.84 Å². The first-order chi connectivity index (χ1) is 8.63. The summed E-state index contributed by atoms with van der Waals surface area (Å²) in [6, 6.07) is 7.09. The monoisotopic (exact) mass is 263 g/mol. The highest BCUT2D eigenvalue weighted by atomic mass is 32.1. The van der Waals surface area contributed by atoms with Gasteiger partial charge in [-0.05, 0) is 18.6 Å². The second-order valence-corrected chi connectivity index (χ2v) is 4.68. The van der Waals surface area contributed by atoms with Gasteiger partial charge in [0, 0.05) is 16.6 Å². The summed E-state index contributed by atoms with van der Waals surface area (Å²) in [5, 5.41) is 1.80. The number of hydrogen-bond donors (Lipinski definition) is 2. The number of nitrogens with one attached hydrogen (secondary N) is 1. The second-order valence-electron chi connectivity index (χ2n) is 3.86. The van der Waals surface area contributed by atoms with E-state index < -0.39 is 0 Å². The molecular weight excluding hydrogens is 250 g/mol. The number of rotatable bonds is 3. The van der Waals surface area contributed by atoms with Gasteiger partial charge in [0.05, 0.1) is 6.54 Å². The molecule has 0 saturated heterocycles. The van der Waals surface area contributed by atoms with Crippen molar-refractivity contribution >= 4 is 17.2 Å². The van der Waals surface area contributed by atoms with Crippen molar-refractivity contribution in [2.45, 2.75) is 13.5 Å².